The van der Waals surface area contributed by atoms with Crippen LogP contribution < -0.4 is 14.4 Å². The van der Waals surface area contributed by atoms with E-state index in [0.717, 1.165) is 17.7 Å². The number of hydrogen-bond donors (Lipinski definition) is 0. The summed E-state index contributed by atoms with van der Waals surface area (Å²) < 4.78 is 15.5. The third kappa shape index (κ3) is 3.96. The van der Waals surface area contributed by atoms with Crippen LogP contribution in [0.5, 0.6) is 11.5 Å². The maximum atomic E-state index is 12.5. The van der Waals surface area contributed by atoms with Gasteiger partial charge in [-0.3, -0.25) is 4.79 Å². The van der Waals surface area contributed by atoms with Gasteiger partial charge in [0.1, 0.15) is 11.5 Å². The molecule has 3 rings (SSSR count). The molecule has 0 radical (unpaired) electrons. The van der Waals surface area contributed by atoms with E-state index in [0.29, 0.717) is 11.5 Å². The van der Waals surface area contributed by atoms with Crippen LogP contribution in [0.3, 0.4) is 0 Å². The molecule has 0 bridgehead atoms. The van der Waals surface area contributed by atoms with E-state index < -0.39 is 5.97 Å². The van der Waals surface area contributed by atoms with Crippen molar-refractivity contribution < 1.29 is 23.8 Å². The molecule has 0 aromatic heterocycles. The van der Waals surface area contributed by atoms with Gasteiger partial charge in [-0.1, -0.05) is 18.2 Å². The second-order valence-corrected chi connectivity index (χ2v) is 6.07. The number of fused-ring (bicyclic) bond motifs is 1. The fourth-order valence-corrected chi connectivity index (χ4v) is 3.01. The standard InChI is InChI=1S/C20H21NO5/c1-14-11-15-5-3-4-6-18(15)21(14)19(22)12-26-20(23)13-25-17-9-7-16(24-2)8-10-17/h3-10,14H,11-13H2,1-2H3/t14-/m1/s1. The quantitative estimate of drug-likeness (QED) is 0.745. The summed E-state index contributed by atoms with van der Waals surface area (Å²) in [6, 6.07) is 14.7. The van der Waals surface area contributed by atoms with Gasteiger partial charge in [0, 0.05) is 11.7 Å². The molecule has 6 heteroatoms. The molecule has 1 aliphatic heterocycles. The van der Waals surface area contributed by atoms with Crippen LogP contribution in [-0.4, -0.2) is 38.2 Å². The molecule has 2 aromatic carbocycles. The SMILES string of the molecule is COc1ccc(OCC(=O)OCC(=O)N2c3ccccc3C[C@H]2C)cc1. The molecule has 2 aromatic rings. The summed E-state index contributed by atoms with van der Waals surface area (Å²) in [5.74, 6) is 0.399. The van der Waals surface area contributed by atoms with Gasteiger partial charge in [0.05, 0.1) is 7.11 Å². The molecule has 136 valence electrons. The number of benzene rings is 2. The molecule has 0 spiro atoms. The van der Waals surface area contributed by atoms with Crippen LogP contribution in [0.25, 0.3) is 0 Å². The van der Waals surface area contributed by atoms with Crippen molar-refractivity contribution in [2.75, 3.05) is 25.2 Å². The van der Waals surface area contributed by atoms with Gasteiger partial charge in [-0.2, -0.15) is 0 Å². The van der Waals surface area contributed by atoms with Crippen LogP contribution in [0.4, 0.5) is 5.69 Å². The molecular weight excluding hydrogens is 334 g/mol. The average molecular weight is 355 g/mol. The van der Waals surface area contributed by atoms with Crippen molar-refractivity contribution in [3.05, 3.63) is 54.1 Å². The van der Waals surface area contributed by atoms with E-state index in [1.807, 2.05) is 31.2 Å². The van der Waals surface area contributed by atoms with Gasteiger partial charge in [0.2, 0.25) is 0 Å². The van der Waals surface area contributed by atoms with Gasteiger partial charge >= 0.3 is 5.97 Å². The number of esters is 1. The van der Waals surface area contributed by atoms with E-state index in [1.54, 1.807) is 36.3 Å². The average Bonchev–Trinajstić information content (AvgIpc) is 3.00. The number of hydrogen-bond acceptors (Lipinski definition) is 5. The Hall–Kier alpha value is -3.02. The van der Waals surface area contributed by atoms with Crippen molar-refractivity contribution in [2.24, 2.45) is 0 Å². The molecule has 26 heavy (non-hydrogen) atoms. The van der Waals surface area contributed by atoms with Gasteiger partial charge in [-0.15, -0.1) is 0 Å². The molecule has 0 unspecified atom stereocenters. The number of ether oxygens (including phenoxy) is 3. The number of nitrogens with zero attached hydrogens (tertiary/aromatic N) is 1. The first kappa shape index (κ1) is 17.8. The van der Waals surface area contributed by atoms with Crippen molar-refractivity contribution in [3.8, 4) is 11.5 Å². The summed E-state index contributed by atoms with van der Waals surface area (Å²) in [6.07, 6.45) is 0.802. The summed E-state index contributed by atoms with van der Waals surface area (Å²) in [6.45, 7) is 1.42. The molecule has 0 saturated heterocycles. The molecular formula is C20H21NO5. The van der Waals surface area contributed by atoms with Crippen LogP contribution in [0.2, 0.25) is 0 Å². The highest BCUT2D eigenvalue weighted by atomic mass is 16.6. The predicted molar refractivity (Wildman–Crippen MR) is 96.5 cm³/mol. The number of carbonyl (C=O) groups is 2. The van der Waals surface area contributed by atoms with Crippen LogP contribution in [0.15, 0.2) is 48.5 Å². The van der Waals surface area contributed by atoms with Gasteiger partial charge in [0.25, 0.3) is 5.91 Å². The fourth-order valence-electron chi connectivity index (χ4n) is 3.01. The van der Waals surface area contributed by atoms with E-state index >= 15 is 0 Å². The topological polar surface area (TPSA) is 65.1 Å². The smallest absolute Gasteiger partial charge is 0.344 e. The van der Waals surface area contributed by atoms with E-state index in [2.05, 4.69) is 0 Å². The minimum Gasteiger partial charge on any atom is -0.497 e. The van der Waals surface area contributed by atoms with E-state index in [9.17, 15) is 9.59 Å². The lowest BCUT2D eigenvalue weighted by molar-refractivity contribution is -0.149. The molecule has 1 aliphatic rings. The second kappa shape index (κ2) is 7.91. The zero-order valence-corrected chi connectivity index (χ0v) is 14.8. The summed E-state index contributed by atoms with van der Waals surface area (Å²) in [5.41, 5.74) is 2.01. The van der Waals surface area contributed by atoms with Gasteiger partial charge in [-0.25, -0.2) is 4.79 Å². The number of methoxy groups -OCH3 is 1. The molecule has 1 heterocycles. The Morgan fingerprint density at radius 1 is 1.04 bits per heavy atom. The van der Waals surface area contributed by atoms with Crippen molar-refractivity contribution >= 4 is 17.6 Å². The first-order valence-corrected chi connectivity index (χ1v) is 8.41. The van der Waals surface area contributed by atoms with Crippen LogP contribution in [0.1, 0.15) is 12.5 Å². The van der Waals surface area contributed by atoms with Gasteiger partial charge in [-0.05, 0) is 49.2 Å². The van der Waals surface area contributed by atoms with E-state index in [-0.39, 0.29) is 25.2 Å². The van der Waals surface area contributed by atoms with Gasteiger partial charge < -0.3 is 19.1 Å². The van der Waals surface area contributed by atoms with E-state index in [1.165, 1.54) is 0 Å². The maximum absolute atomic E-state index is 12.5. The molecule has 0 N–H and O–H groups in total. The zero-order chi connectivity index (χ0) is 18.5. The summed E-state index contributed by atoms with van der Waals surface area (Å²) in [7, 11) is 1.57. The summed E-state index contributed by atoms with van der Waals surface area (Å²) in [4.78, 5) is 26.0. The first-order valence-electron chi connectivity index (χ1n) is 8.41. The Labute approximate surface area is 152 Å². The van der Waals surface area contributed by atoms with Crippen LogP contribution >= 0.6 is 0 Å². The van der Waals surface area contributed by atoms with E-state index in [4.69, 9.17) is 14.2 Å². The number of rotatable bonds is 6. The highest BCUT2D eigenvalue weighted by Crippen LogP contribution is 2.31. The minimum atomic E-state index is -0.589. The number of carbonyl (C=O) groups excluding carboxylic acids is 2. The normalized spacial score (nSPS) is 15.3. The lowest BCUT2D eigenvalue weighted by Crippen LogP contribution is -2.39. The zero-order valence-electron chi connectivity index (χ0n) is 14.8. The Kier molecular flexibility index (Phi) is 5.41. The number of para-hydroxylation sites is 1. The van der Waals surface area contributed by atoms with Crippen molar-refractivity contribution in [2.45, 2.75) is 19.4 Å². The molecule has 0 saturated carbocycles. The lowest BCUT2D eigenvalue weighted by Gasteiger charge is -2.22. The van der Waals surface area contributed by atoms with Crippen molar-refractivity contribution in [3.63, 3.8) is 0 Å². The number of anilines is 1. The third-order valence-corrected chi connectivity index (χ3v) is 4.25. The van der Waals surface area contributed by atoms with Crippen LogP contribution in [0, 0.1) is 0 Å². The Morgan fingerprint density at radius 3 is 2.46 bits per heavy atom. The predicted octanol–water partition coefficient (Wildman–Crippen LogP) is 2.60. The van der Waals surface area contributed by atoms with Crippen LogP contribution in [-0.2, 0) is 20.7 Å². The highest BCUT2D eigenvalue weighted by Gasteiger charge is 2.30. The minimum absolute atomic E-state index is 0.0501. The fraction of sp³-hybridized carbons (Fsp3) is 0.300. The maximum Gasteiger partial charge on any atom is 0.344 e. The van der Waals surface area contributed by atoms with Crippen molar-refractivity contribution in [1.82, 2.24) is 0 Å². The Bertz CT molecular complexity index is 787. The Morgan fingerprint density at radius 2 is 1.73 bits per heavy atom. The molecule has 1 atom stereocenters. The lowest BCUT2D eigenvalue weighted by atomic mass is 10.1. The third-order valence-electron chi connectivity index (χ3n) is 4.25. The molecule has 6 nitrogen and oxygen atoms in total. The second-order valence-electron chi connectivity index (χ2n) is 6.07. The summed E-state index contributed by atoms with van der Waals surface area (Å²) in [5, 5.41) is 0. The monoisotopic (exact) mass is 355 g/mol. The molecule has 0 aliphatic carbocycles. The Balaban J connectivity index is 1.49. The first-order chi connectivity index (χ1) is 12.6. The number of amides is 1. The highest BCUT2D eigenvalue weighted by molar-refractivity contribution is 5.97. The van der Waals surface area contributed by atoms with Gasteiger partial charge in [0.15, 0.2) is 13.2 Å². The molecule has 0 fully saturated rings. The largest absolute Gasteiger partial charge is 0.497 e. The summed E-state index contributed by atoms with van der Waals surface area (Å²) >= 11 is 0. The molecule has 1 amide bonds. The van der Waals surface area contributed by atoms with Crippen molar-refractivity contribution in [1.29, 1.82) is 0 Å².